The first-order valence-electron chi connectivity index (χ1n) is 11.2. The van der Waals surface area contributed by atoms with Crippen LogP contribution in [0.2, 0.25) is 0 Å². The highest BCUT2D eigenvalue weighted by Crippen LogP contribution is 2.50. The molecule has 2 spiro atoms. The van der Waals surface area contributed by atoms with E-state index in [-0.39, 0.29) is 30.7 Å². The lowest BCUT2D eigenvalue weighted by Crippen LogP contribution is -2.56. The Morgan fingerprint density at radius 1 is 0.741 bits per heavy atom. The molecule has 5 atom stereocenters. The van der Waals surface area contributed by atoms with Crippen LogP contribution in [0.25, 0.3) is 0 Å². The fraction of sp³-hybridized carbons (Fsp3) is 1.00. The minimum Gasteiger partial charge on any atom is -0.379 e. The molecule has 0 aromatic carbocycles. The van der Waals surface area contributed by atoms with E-state index in [1.807, 2.05) is 0 Å². The summed E-state index contributed by atoms with van der Waals surface area (Å²) >= 11 is 0. The monoisotopic (exact) mass is 382 g/mol. The van der Waals surface area contributed by atoms with Crippen molar-refractivity contribution >= 4 is 0 Å². The Balaban J connectivity index is 1.36. The van der Waals surface area contributed by atoms with Gasteiger partial charge in [-0.3, -0.25) is 0 Å². The lowest BCUT2D eigenvalue weighted by atomic mass is 9.94. The molecule has 2 saturated carbocycles. The van der Waals surface area contributed by atoms with Gasteiger partial charge in [0.1, 0.15) is 24.4 Å². The average Bonchev–Trinajstić information content (AvgIpc) is 3.21. The van der Waals surface area contributed by atoms with Crippen molar-refractivity contribution in [2.45, 2.75) is 120 Å². The number of rotatable bonds is 4. The fourth-order valence-corrected chi connectivity index (χ4v) is 5.52. The zero-order chi connectivity index (χ0) is 18.3. The molecule has 0 unspecified atom stereocenters. The normalized spacial score (nSPS) is 42.3. The average molecular weight is 382 g/mol. The minimum atomic E-state index is -0.483. The summed E-state index contributed by atoms with van der Waals surface area (Å²) in [6, 6.07) is 0. The van der Waals surface area contributed by atoms with Gasteiger partial charge in [0.25, 0.3) is 0 Å². The standard InChI is InChI=1S/C21H34O6/c1-2-13-22-14-15-16-17(25-20(24-16)9-5-3-6-10-20)18-19(23-15)27-21(26-18)11-7-4-8-12-21/h15-19H,2-14H2,1H3/t15-,16-,17-,18-,19-/m1/s1. The van der Waals surface area contributed by atoms with E-state index in [0.717, 1.165) is 64.4 Å². The summed E-state index contributed by atoms with van der Waals surface area (Å²) in [7, 11) is 0. The van der Waals surface area contributed by atoms with E-state index in [4.69, 9.17) is 28.4 Å². The van der Waals surface area contributed by atoms with Gasteiger partial charge in [0, 0.05) is 32.3 Å². The molecule has 0 radical (unpaired) electrons. The molecule has 3 saturated heterocycles. The van der Waals surface area contributed by atoms with Crippen molar-refractivity contribution in [2.24, 2.45) is 0 Å². The largest absolute Gasteiger partial charge is 0.379 e. The van der Waals surface area contributed by atoms with E-state index in [9.17, 15) is 0 Å². The molecule has 5 rings (SSSR count). The van der Waals surface area contributed by atoms with Crippen LogP contribution in [0.5, 0.6) is 0 Å². The van der Waals surface area contributed by atoms with Crippen molar-refractivity contribution in [3.63, 3.8) is 0 Å². The van der Waals surface area contributed by atoms with Gasteiger partial charge in [0.05, 0.1) is 6.61 Å². The van der Waals surface area contributed by atoms with E-state index in [1.54, 1.807) is 0 Å². The summed E-state index contributed by atoms with van der Waals surface area (Å²) in [6.45, 7) is 3.38. The second-order valence-electron chi connectivity index (χ2n) is 8.93. The van der Waals surface area contributed by atoms with Gasteiger partial charge in [-0.25, -0.2) is 0 Å². The quantitative estimate of drug-likeness (QED) is 0.692. The van der Waals surface area contributed by atoms with Crippen LogP contribution in [0.15, 0.2) is 0 Å². The van der Waals surface area contributed by atoms with Crippen LogP contribution < -0.4 is 0 Å². The molecular formula is C21H34O6. The third-order valence-corrected chi connectivity index (χ3v) is 6.84. The highest BCUT2D eigenvalue weighted by atomic mass is 16.9. The predicted octanol–water partition coefficient (Wildman–Crippen LogP) is 3.66. The van der Waals surface area contributed by atoms with Gasteiger partial charge < -0.3 is 28.4 Å². The van der Waals surface area contributed by atoms with Crippen LogP contribution in [0.1, 0.15) is 77.6 Å². The molecule has 0 amide bonds. The van der Waals surface area contributed by atoms with Gasteiger partial charge in [-0.2, -0.15) is 0 Å². The summed E-state index contributed by atoms with van der Waals surface area (Å²) in [5.74, 6) is -0.941. The van der Waals surface area contributed by atoms with Crippen molar-refractivity contribution in [1.82, 2.24) is 0 Å². The Kier molecular flexibility index (Phi) is 5.24. The molecule has 0 aromatic rings. The highest BCUT2D eigenvalue weighted by molar-refractivity contribution is 5.03. The van der Waals surface area contributed by atoms with Gasteiger partial charge >= 0.3 is 0 Å². The maximum absolute atomic E-state index is 6.62. The summed E-state index contributed by atoms with van der Waals surface area (Å²) in [5, 5.41) is 0. The van der Waals surface area contributed by atoms with Crippen molar-refractivity contribution in [1.29, 1.82) is 0 Å². The lowest BCUT2D eigenvalue weighted by molar-refractivity contribution is -0.256. The van der Waals surface area contributed by atoms with E-state index in [1.165, 1.54) is 12.8 Å². The molecule has 154 valence electrons. The Hall–Kier alpha value is -0.240. The number of hydrogen-bond donors (Lipinski definition) is 0. The highest BCUT2D eigenvalue weighted by Gasteiger charge is 2.63. The molecule has 6 heteroatoms. The molecule has 3 aliphatic heterocycles. The SMILES string of the molecule is CCCOC[C@H]1O[C@@H]2OC3(CCCCC3)O[C@@H]2[C@@H]2OC3(CCCCC3)O[C@@H]21. The van der Waals surface area contributed by atoms with Gasteiger partial charge in [-0.15, -0.1) is 0 Å². The molecular weight excluding hydrogens is 348 g/mol. The first-order valence-corrected chi connectivity index (χ1v) is 11.2. The summed E-state index contributed by atoms with van der Waals surface area (Å²) in [4.78, 5) is 0. The zero-order valence-corrected chi connectivity index (χ0v) is 16.5. The summed E-state index contributed by atoms with van der Waals surface area (Å²) in [6.07, 6.45) is 11.0. The van der Waals surface area contributed by atoms with Crippen LogP contribution in [-0.4, -0.2) is 55.5 Å². The minimum absolute atomic E-state index is 0.127. The van der Waals surface area contributed by atoms with E-state index in [0.29, 0.717) is 6.61 Å². The Morgan fingerprint density at radius 3 is 2.00 bits per heavy atom. The molecule has 0 bridgehead atoms. The van der Waals surface area contributed by atoms with Crippen LogP contribution in [-0.2, 0) is 28.4 Å². The molecule has 0 N–H and O–H groups in total. The predicted molar refractivity (Wildman–Crippen MR) is 97.1 cm³/mol. The van der Waals surface area contributed by atoms with E-state index in [2.05, 4.69) is 6.92 Å². The van der Waals surface area contributed by atoms with Crippen LogP contribution in [0.3, 0.4) is 0 Å². The molecule has 3 heterocycles. The third kappa shape index (κ3) is 3.47. The smallest absolute Gasteiger partial charge is 0.190 e. The fourth-order valence-electron chi connectivity index (χ4n) is 5.52. The number of ether oxygens (including phenoxy) is 6. The topological polar surface area (TPSA) is 55.4 Å². The van der Waals surface area contributed by atoms with Crippen LogP contribution in [0, 0.1) is 0 Å². The molecule has 5 aliphatic rings. The summed E-state index contributed by atoms with van der Waals surface area (Å²) < 4.78 is 38.3. The van der Waals surface area contributed by atoms with Crippen LogP contribution in [0.4, 0.5) is 0 Å². The molecule has 5 fully saturated rings. The van der Waals surface area contributed by atoms with Crippen LogP contribution >= 0.6 is 0 Å². The van der Waals surface area contributed by atoms with Gasteiger partial charge in [-0.1, -0.05) is 19.8 Å². The van der Waals surface area contributed by atoms with Gasteiger partial charge in [-0.05, 0) is 32.1 Å². The Morgan fingerprint density at radius 2 is 1.33 bits per heavy atom. The molecule has 2 aliphatic carbocycles. The van der Waals surface area contributed by atoms with Crippen molar-refractivity contribution < 1.29 is 28.4 Å². The molecule has 27 heavy (non-hydrogen) atoms. The first-order chi connectivity index (χ1) is 13.2. The lowest BCUT2D eigenvalue weighted by Gasteiger charge is -2.37. The summed E-state index contributed by atoms with van der Waals surface area (Å²) in [5.41, 5.74) is 0. The maximum Gasteiger partial charge on any atom is 0.190 e. The maximum atomic E-state index is 6.62. The zero-order valence-electron chi connectivity index (χ0n) is 16.5. The second kappa shape index (κ2) is 7.54. The number of hydrogen-bond acceptors (Lipinski definition) is 6. The second-order valence-corrected chi connectivity index (χ2v) is 8.93. The molecule has 0 aromatic heterocycles. The number of fused-ring (bicyclic) bond motifs is 3. The Bertz CT molecular complexity index is 513. The van der Waals surface area contributed by atoms with Crippen molar-refractivity contribution in [2.75, 3.05) is 13.2 Å². The van der Waals surface area contributed by atoms with Crippen molar-refractivity contribution in [3.05, 3.63) is 0 Å². The van der Waals surface area contributed by atoms with Gasteiger partial charge in [0.2, 0.25) is 0 Å². The molecule has 6 nitrogen and oxygen atoms in total. The Labute approximate surface area is 162 Å². The third-order valence-electron chi connectivity index (χ3n) is 6.84. The van der Waals surface area contributed by atoms with E-state index < -0.39 is 11.6 Å². The van der Waals surface area contributed by atoms with Crippen molar-refractivity contribution in [3.8, 4) is 0 Å². The van der Waals surface area contributed by atoms with Gasteiger partial charge in [0.15, 0.2) is 17.9 Å². The first kappa shape index (κ1) is 18.8. The van der Waals surface area contributed by atoms with E-state index >= 15 is 0 Å².